The first-order chi connectivity index (χ1) is 14.8. The molecule has 0 saturated carbocycles. The van der Waals surface area contributed by atoms with Crippen LogP contribution in [0.5, 0.6) is 0 Å². The van der Waals surface area contributed by atoms with Crippen molar-refractivity contribution in [3.63, 3.8) is 0 Å². The molecule has 0 spiro atoms. The van der Waals surface area contributed by atoms with Gasteiger partial charge in [0.1, 0.15) is 18.0 Å². The monoisotopic (exact) mass is 460 g/mol. The molecular weight excluding hydrogens is 436 g/mol. The standard InChI is InChI=1S/C21H25ClN6O2S/c1-3-28(4-2)13-15-5-10-18(31(23,29)30)11-19(15)27-21-12-20(24-14-25-21)26-17-8-6-16(22)7-9-17/h5-12,14H,3-4,13H2,1-2H3,(H2,23,29,30)(H2,24,25,26,27). The lowest BCUT2D eigenvalue weighted by Crippen LogP contribution is -2.23. The van der Waals surface area contributed by atoms with Crippen molar-refractivity contribution < 1.29 is 8.42 Å². The highest BCUT2D eigenvalue weighted by Crippen LogP contribution is 2.26. The van der Waals surface area contributed by atoms with Crippen molar-refractivity contribution in [2.45, 2.75) is 25.3 Å². The lowest BCUT2D eigenvalue weighted by Gasteiger charge is -2.21. The zero-order chi connectivity index (χ0) is 22.4. The Hall–Kier alpha value is -2.72. The zero-order valence-electron chi connectivity index (χ0n) is 17.3. The fourth-order valence-corrected chi connectivity index (χ4v) is 3.65. The Bertz CT molecular complexity index is 1130. The number of aromatic nitrogens is 2. The van der Waals surface area contributed by atoms with Gasteiger partial charge >= 0.3 is 0 Å². The smallest absolute Gasteiger partial charge is 0.238 e. The third-order valence-electron chi connectivity index (χ3n) is 4.74. The molecule has 2 aromatic carbocycles. The first-order valence-corrected chi connectivity index (χ1v) is 11.7. The number of hydrogen-bond acceptors (Lipinski definition) is 7. The quantitative estimate of drug-likeness (QED) is 0.440. The average molecular weight is 461 g/mol. The topological polar surface area (TPSA) is 113 Å². The summed E-state index contributed by atoms with van der Waals surface area (Å²) in [7, 11) is -3.84. The number of benzene rings is 2. The van der Waals surface area contributed by atoms with Crippen LogP contribution in [-0.2, 0) is 16.6 Å². The van der Waals surface area contributed by atoms with E-state index in [1.54, 1.807) is 24.3 Å². The van der Waals surface area contributed by atoms with Crippen LogP contribution in [-0.4, -0.2) is 36.4 Å². The molecule has 0 atom stereocenters. The number of hydrogen-bond donors (Lipinski definition) is 3. The molecule has 0 amide bonds. The fourth-order valence-electron chi connectivity index (χ4n) is 2.99. The summed E-state index contributed by atoms with van der Waals surface area (Å²) in [4.78, 5) is 10.8. The summed E-state index contributed by atoms with van der Waals surface area (Å²) in [6.07, 6.45) is 1.42. The summed E-state index contributed by atoms with van der Waals surface area (Å²) in [5.74, 6) is 1.09. The van der Waals surface area contributed by atoms with Crippen LogP contribution in [0.3, 0.4) is 0 Å². The van der Waals surface area contributed by atoms with E-state index < -0.39 is 10.0 Å². The molecule has 3 rings (SSSR count). The van der Waals surface area contributed by atoms with Gasteiger partial charge in [0.15, 0.2) is 0 Å². The number of nitrogens with zero attached hydrogens (tertiary/aromatic N) is 3. The molecule has 0 radical (unpaired) electrons. The van der Waals surface area contributed by atoms with Crippen molar-refractivity contribution in [3.05, 3.63) is 65.4 Å². The van der Waals surface area contributed by atoms with Crippen LogP contribution in [0.1, 0.15) is 19.4 Å². The zero-order valence-corrected chi connectivity index (χ0v) is 18.9. The van der Waals surface area contributed by atoms with Crippen LogP contribution in [0.2, 0.25) is 5.02 Å². The Morgan fingerprint density at radius 1 is 0.968 bits per heavy atom. The number of sulfonamides is 1. The van der Waals surface area contributed by atoms with Gasteiger partial charge in [0.05, 0.1) is 4.90 Å². The van der Waals surface area contributed by atoms with Gasteiger partial charge in [-0.05, 0) is 55.1 Å². The van der Waals surface area contributed by atoms with Gasteiger partial charge in [0, 0.05) is 29.0 Å². The Morgan fingerprint density at radius 3 is 2.23 bits per heavy atom. The van der Waals surface area contributed by atoms with E-state index in [-0.39, 0.29) is 4.90 Å². The molecule has 0 aliphatic heterocycles. The summed E-state index contributed by atoms with van der Waals surface area (Å²) in [5.41, 5.74) is 2.38. The van der Waals surface area contributed by atoms with E-state index in [2.05, 4.69) is 39.3 Å². The third kappa shape index (κ3) is 6.38. The summed E-state index contributed by atoms with van der Waals surface area (Å²) in [6.45, 7) is 6.55. The Kier molecular flexibility index (Phi) is 7.45. The molecule has 8 nitrogen and oxygen atoms in total. The maximum Gasteiger partial charge on any atom is 0.238 e. The molecule has 31 heavy (non-hydrogen) atoms. The second kappa shape index (κ2) is 10.1. The van der Waals surface area contributed by atoms with E-state index in [9.17, 15) is 8.42 Å². The molecule has 3 aromatic rings. The van der Waals surface area contributed by atoms with Crippen molar-refractivity contribution >= 4 is 44.6 Å². The Balaban J connectivity index is 1.90. The lowest BCUT2D eigenvalue weighted by atomic mass is 10.1. The van der Waals surface area contributed by atoms with Crippen LogP contribution in [0, 0.1) is 0 Å². The molecular formula is C21H25ClN6O2S. The number of nitrogens with one attached hydrogen (secondary N) is 2. The van der Waals surface area contributed by atoms with Gasteiger partial charge in [0.2, 0.25) is 10.0 Å². The van der Waals surface area contributed by atoms with Gasteiger partial charge in [0.25, 0.3) is 0 Å². The highest BCUT2D eigenvalue weighted by Gasteiger charge is 2.14. The van der Waals surface area contributed by atoms with Crippen LogP contribution < -0.4 is 15.8 Å². The molecule has 4 N–H and O–H groups in total. The average Bonchev–Trinajstić information content (AvgIpc) is 2.74. The first kappa shape index (κ1) is 23.0. The molecule has 164 valence electrons. The minimum Gasteiger partial charge on any atom is -0.340 e. The minimum atomic E-state index is -3.84. The lowest BCUT2D eigenvalue weighted by molar-refractivity contribution is 0.296. The number of halogens is 1. The number of rotatable bonds is 9. The molecule has 0 aliphatic rings. The summed E-state index contributed by atoms with van der Waals surface area (Å²) >= 11 is 5.93. The fraction of sp³-hybridized carbons (Fsp3) is 0.238. The van der Waals surface area contributed by atoms with Crippen molar-refractivity contribution in [2.75, 3.05) is 23.7 Å². The van der Waals surface area contributed by atoms with Crippen molar-refractivity contribution in [2.24, 2.45) is 5.14 Å². The van der Waals surface area contributed by atoms with Crippen molar-refractivity contribution in [1.82, 2.24) is 14.9 Å². The first-order valence-electron chi connectivity index (χ1n) is 9.78. The maximum absolute atomic E-state index is 11.9. The van der Waals surface area contributed by atoms with Gasteiger partial charge in [-0.3, -0.25) is 4.90 Å². The van der Waals surface area contributed by atoms with Crippen molar-refractivity contribution in [3.8, 4) is 0 Å². The molecule has 0 aliphatic carbocycles. The van der Waals surface area contributed by atoms with E-state index in [1.165, 1.54) is 18.5 Å². The summed E-state index contributed by atoms with van der Waals surface area (Å²) in [6, 6.07) is 13.8. The van der Waals surface area contributed by atoms with Gasteiger partial charge in [-0.25, -0.2) is 23.5 Å². The van der Waals surface area contributed by atoms with Crippen LogP contribution in [0.15, 0.2) is 59.8 Å². The predicted octanol–water partition coefficient (Wildman–Crippen LogP) is 4.11. The molecule has 0 saturated heterocycles. The van der Waals surface area contributed by atoms with E-state index in [0.29, 0.717) is 28.9 Å². The SMILES string of the molecule is CCN(CC)Cc1ccc(S(N)(=O)=O)cc1Nc1cc(Nc2ccc(Cl)cc2)ncn1. The molecule has 1 heterocycles. The largest absolute Gasteiger partial charge is 0.340 e. The van der Waals surface area contributed by atoms with Gasteiger partial charge in [-0.15, -0.1) is 0 Å². The van der Waals surface area contributed by atoms with E-state index in [0.717, 1.165) is 24.3 Å². The molecule has 1 aromatic heterocycles. The Morgan fingerprint density at radius 2 is 1.61 bits per heavy atom. The van der Waals surface area contributed by atoms with E-state index >= 15 is 0 Å². The molecule has 0 unspecified atom stereocenters. The van der Waals surface area contributed by atoms with Gasteiger partial charge < -0.3 is 10.6 Å². The maximum atomic E-state index is 11.9. The van der Waals surface area contributed by atoms with E-state index in [1.807, 2.05) is 12.1 Å². The number of anilines is 4. The van der Waals surface area contributed by atoms with E-state index in [4.69, 9.17) is 16.7 Å². The van der Waals surface area contributed by atoms with Crippen LogP contribution >= 0.6 is 11.6 Å². The molecule has 0 fully saturated rings. The van der Waals surface area contributed by atoms with Crippen LogP contribution in [0.25, 0.3) is 0 Å². The Labute approximate surface area is 187 Å². The number of primary sulfonamides is 1. The van der Waals surface area contributed by atoms with Crippen LogP contribution in [0.4, 0.5) is 23.0 Å². The van der Waals surface area contributed by atoms with Gasteiger partial charge in [-0.2, -0.15) is 0 Å². The normalized spacial score (nSPS) is 11.5. The van der Waals surface area contributed by atoms with Gasteiger partial charge in [-0.1, -0.05) is 31.5 Å². The molecule has 0 bridgehead atoms. The van der Waals surface area contributed by atoms with Crippen molar-refractivity contribution in [1.29, 1.82) is 0 Å². The summed E-state index contributed by atoms with van der Waals surface area (Å²) < 4.78 is 23.7. The highest BCUT2D eigenvalue weighted by molar-refractivity contribution is 7.89. The highest BCUT2D eigenvalue weighted by atomic mass is 35.5. The minimum absolute atomic E-state index is 0.0341. The summed E-state index contributed by atoms with van der Waals surface area (Å²) in [5, 5.41) is 12.4. The second-order valence-electron chi connectivity index (χ2n) is 6.87. The third-order valence-corrected chi connectivity index (χ3v) is 5.91. The molecule has 10 heteroatoms. The second-order valence-corrected chi connectivity index (χ2v) is 8.87. The predicted molar refractivity (Wildman–Crippen MR) is 124 cm³/mol. The number of nitrogens with two attached hydrogens (primary N) is 1.